The molecule has 134 valence electrons. The van der Waals surface area contributed by atoms with Gasteiger partial charge in [-0.15, -0.1) is 10.2 Å². The predicted molar refractivity (Wildman–Crippen MR) is 86.5 cm³/mol. The van der Waals surface area contributed by atoms with E-state index in [4.69, 9.17) is 0 Å². The van der Waals surface area contributed by atoms with Gasteiger partial charge in [-0.05, 0) is 24.3 Å². The first-order valence-corrected chi connectivity index (χ1v) is 7.32. The number of carbonyl (C=O) groups excluding carboxylic acids is 1. The molecule has 7 nitrogen and oxygen atoms in total. The number of rotatable bonds is 3. The molecule has 26 heavy (non-hydrogen) atoms. The van der Waals surface area contributed by atoms with Crippen molar-refractivity contribution in [2.24, 2.45) is 7.05 Å². The quantitative estimate of drug-likeness (QED) is 0.748. The van der Waals surface area contributed by atoms with Crippen LogP contribution in [0.25, 0.3) is 11.4 Å². The van der Waals surface area contributed by atoms with E-state index in [0.717, 1.165) is 6.07 Å². The number of carbonyl (C=O) groups is 1. The van der Waals surface area contributed by atoms with Crippen LogP contribution in [0.2, 0.25) is 0 Å². The van der Waals surface area contributed by atoms with Gasteiger partial charge < -0.3 is 14.9 Å². The third-order valence-electron chi connectivity index (χ3n) is 3.55. The lowest BCUT2D eigenvalue weighted by atomic mass is 10.1. The number of pyridine rings is 1. The molecule has 2 aromatic heterocycles. The number of benzene rings is 1. The highest BCUT2D eigenvalue weighted by molar-refractivity contribution is 6.04. The van der Waals surface area contributed by atoms with Gasteiger partial charge in [0.2, 0.25) is 0 Å². The smallest absolute Gasteiger partial charge is 0.322 e. The van der Waals surface area contributed by atoms with Crippen LogP contribution in [-0.4, -0.2) is 25.7 Å². The number of H-pyrrole nitrogens is 1. The van der Waals surface area contributed by atoms with Crippen molar-refractivity contribution >= 4 is 11.6 Å². The van der Waals surface area contributed by atoms with Crippen LogP contribution in [0.15, 0.2) is 47.5 Å². The standard InChI is InChI=1S/C16H12F3N5O2/c1-24-8-20-23-13(24)9-3-2-4-10(7-9)21-14(25)11-5-6-12(16(17,18)19)22-15(11)26/h2-8H,1H3,(H,21,25)(H,22,26). The van der Waals surface area contributed by atoms with Crippen LogP contribution in [0.3, 0.4) is 0 Å². The molecule has 0 bridgehead atoms. The molecule has 0 saturated heterocycles. The van der Waals surface area contributed by atoms with Crippen molar-refractivity contribution in [3.05, 3.63) is 64.3 Å². The molecular formula is C16H12F3N5O2. The number of nitrogens with one attached hydrogen (secondary N) is 2. The molecule has 0 aliphatic rings. The molecule has 1 amide bonds. The fourth-order valence-electron chi connectivity index (χ4n) is 2.30. The minimum absolute atomic E-state index is 0.356. The lowest BCUT2D eigenvalue weighted by Gasteiger charge is -2.09. The van der Waals surface area contributed by atoms with Gasteiger partial charge in [-0.3, -0.25) is 9.59 Å². The molecule has 3 aromatic rings. The highest BCUT2D eigenvalue weighted by Gasteiger charge is 2.32. The summed E-state index contributed by atoms with van der Waals surface area (Å²) in [5.41, 5.74) is -1.74. The maximum atomic E-state index is 12.6. The molecule has 2 heterocycles. The number of hydrogen-bond acceptors (Lipinski definition) is 4. The Morgan fingerprint density at radius 2 is 2.00 bits per heavy atom. The van der Waals surface area contributed by atoms with Crippen LogP contribution in [0.1, 0.15) is 16.1 Å². The van der Waals surface area contributed by atoms with E-state index in [1.807, 2.05) is 0 Å². The fourth-order valence-corrected chi connectivity index (χ4v) is 2.30. The van der Waals surface area contributed by atoms with Crippen molar-refractivity contribution < 1.29 is 18.0 Å². The summed E-state index contributed by atoms with van der Waals surface area (Å²) in [5, 5.41) is 10.2. The molecule has 0 unspecified atom stereocenters. The molecule has 0 atom stereocenters. The number of alkyl halides is 3. The Bertz CT molecular complexity index is 1020. The Morgan fingerprint density at radius 1 is 1.23 bits per heavy atom. The Morgan fingerprint density at radius 3 is 2.62 bits per heavy atom. The van der Waals surface area contributed by atoms with Gasteiger partial charge in [-0.1, -0.05) is 12.1 Å². The third-order valence-corrected chi connectivity index (χ3v) is 3.55. The number of aromatic nitrogens is 4. The van der Waals surface area contributed by atoms with Crippen molar-refractivity contribution in [2.45, 2.75) is 6.18 Å². The topological polar surface area (TPSA) is 92.7 Å². The van der Waals surface area contributed by atoms with E-state index in [1.165, 1.54) is 6.33 Å². The van der Waals surface area contributed by atoms with Gasteiger partial charge in [0.15, 0.2) is 5.82 Å². The molecule has 2 N–H and O–H groups in total. The minimum Gasteiger partial charge on any atom is -0.322 e. The van der Waals surface area contributed by atoms with Gasteiger partial charge in [-0.2, -0.15) is 13.2 Å². The number of hydrogen-bond donors (Lipinski definition) is 2. The summed E-state index contributed by atoms with van der Waals surface area (Å²) in [6.45, 7) is 0. The number of nitrogens with zero attached hydrogens (tertiary/aromatic N) is 3. The van der Waals surface area contributed by atoms with Crippen LogP contribution in [-0.2, 0) is 13.2 Å². The van der Waals surface area contributed by atoms with E-state index in [9.17, 15) is 22.8 Å². The summed E-state index contributed by atoms with van der Waals surface area (Å²) in [4.78, 5) is 25.7. The van der Waals surface area contributed by atoms with Gasteiger partial charge in [-0.25, -0.2) is 0 Å². The van der Waals surface area contributed by atoms with Crippen LogP contribution in [0.4, 0.5) is 18.9 Å². The number of aryl methyl sites for hydroxylation is 1. The van der Waals surface area contributed by atoms with Crippen LogP contribution < -0.4 is 10.9 Å². The molecule has 0 aliphatic heterocycles. The van der Waals surface area contributed by atoms with Gasteiger partial charge in [0.1, 0.15) is 17.6 Å². The van der Waals surface area contributed by atoms with Crippen LogP contribution >= 0.6 is 0 Å². The summed E-state index contributed by atoms with van der Waals surface area (Å²) in [6.07, 6.45) is -3.18. The van der Waals surface area contributed by atoms with Crippen molar-refractivity contribution in [3.8, 4) is 11.4 Å². The first-order valence-electron chi connectivity index (χ1n) is 7.32. The van der Waals surface area contributed by atoms with Crippen molar-refractivity contribution in [1.82, 2.24) is 19.7 Å². The Balaban J connectivity index is 1.85. The second-order valence-corrected chi connectivity index (χ2v) is 5.41. The maximum absolute atomic E-state index is 12.6. The molecular weight excluding hydrogens is 351 g/mol. The number of aromatic amines is 1. The van der Waals surface area contributed by atoms with E-state index in [2.05, 4.69) is 15.5 Å². The SMILES string of the molecule is Cn1cnnc1-c1cccc(NC(=O)c2ccc(C(F)(F)F)[nH]c2=O)c1. The van der Waals surface area contributed by atoms with Gasteiger partial charge in [0, 0.05) is 18.3 Å². The Hall–Kier alpha value is -3.43. The minimum atomic E-state index is -4.70. The van der Waals surface area contributed by atoms with E-state index in [-0.39, 0.29) is 0 Å². The molecule has 0 radical (unpaired) electrons. The molecule has 1 aromatic carbocycles. The van der Waals surface area contributed by atoms with Crippen molar-refractivity contribution in [2.75, 3.05) is 5.32 Å². The normalized spacial score (nSPS) is 11.4. The van der Waals surface area contributed by atoms with Gasteiger partial charge >= 0.3 is 6.18 Å². The van der Waals surface area contributed by atoms with Crippen LogP contribution in [0.5, 0.6) is 0 Å². The summed E-state index contributed by atoms with van der Waals surface area (Å²) in [5.74, 6) is -0.261. The van der Waals surface area contributed by atoms with E-state index in [1.54, 1.807) is 40.9 Å². The Labute approximate surface area is 144 Å². The van der Waals surface area contributed by atoms with E-state index >= 15 is 0 Å². The average Bonchev–Trinajstić information content (AvgIpc) is 3.00. The third kappa shape index (κ3) is 3.48. The van der Waals surface area contributed by atoms with E-state index < -0.39 is 28.9 Å². The second-order valence-electron chi connectivity index (χ2n) is 5.41. The largest absolute Gasteiger partial charge is 0.431 e. The highest BCUT2D eigenvalue weighted by Crippen LogP contribution is 2.26. The molecule has 0 fully saturated rings. The lowest BCUT2D eigenvalue weighted by molar-refractivity contribution is -0.141. The first-order chi connectivity index (χ1) is 12.3. The summed E-state index contributed by atoms with van der Waals surface area (Å²) in [7, 11) is 1.75. The number of halogens is 3. The predicted octanol–water partition coefficient (Wildman–Crippen LogP) is 2.44. The summed E-state index contributed by atoms with van der Waals surface area (Å²) < 4.78 is 39.4. The highest BCUT2D eigenvalue weighted by atomic mass is 19.4. The molecule has 3 rings (SSSR count). The maximum Gasteiger partial charge on any atom is 0.431 e. The van der Waals surface area contributed by atoms with Gasteiger partial charge in [0.05, 0.1) is 0 Å². The summed E-state index contributed by atoms with van der Waals surface area (Å²) >= 11 is 0. The molecule has 0 saturated carbocycles. The zero-order chi connectivity index (χ0) is 18.9. The summed E-state index contributed by atoms with van der Waals surface area (Å²) in [6, 6.07) is 8.09. The molecule has 10 heteroatoms. The zero-order valence-electron chi connectivity index (χ0n) is 13.3. The van der Waals surface area contributed by atoms with Crippen LogP contribution in [0, 0.1) is 0 Å². The zero-order valence-corrected chi connectivity index (χ0v) is 13.3. The second kappa shape index (κ2) is 6.47. The Kier molecular flexibility index (Phi) is 4.33. The number of amides is 1. The molecule has 0 spiro atoms. The average molecular weight is 363 g/mol. The fraction of sp³-hybridized carbons (Fsp3) is 0.125. The lowest BCUT2D eigenvalue weighted by Crippen LogP contribution is -2.25. The molecule has 0 aliphatic carbocycles. The van der Waals surface area contributed by atoms with E-state index in [0.29, 0.717) is 23.1 Å². The first kappa shape index (κ1) is 17.4. The van der Waals surface area contributed by atoms with Crippen molar-refractivity contribution in [3.63, 3.8) is 0 Å². The number of anilines is 1. The van der Waals surface area contributed by atoms with Crippen molar-refractivity contribution in [1.29, 1.82) is 0 Å². The van der Waals surface area contributed by atoms with Gasteiger partial charge in [0.25, 0.3) is 11.5 Å². The monoisotopic (exact) mass is 363 g/mol.